The Labute approximate surface area is 201 Å². The van der Waals surface area contributed by atoms with E-state index in [0.717, 1.165) is 42.5 Å². The van der Waals surface area contributed by atoms with Gasteiger partial charge in [0.05, 0.1) is 5.92 Å². The van der Waals surface area contributed by atoms with Crippen molar-refractivity contribution >= 4 is 17.6 Å². The third-order valence-corrected chi connectivity index (χ3v) is 7.05. The lowest BCUT2D eigenvalue weighted by Crippen LogP contribution is -2.21. The van der Waals surface area contributed by atoms with Gasteiger partial charge in [0.15, 0.2) is 0 Å². The minimum absolute atomic E-state index is 0.0361. The van der Waals surface area contributed by atoms with Gasteiger partial charge in [0, 0.05) is 17.4 Å². The Balaban J connectivity index is 1.50. The number of nitrogens with zero attached hydrogens (tertiary/aromatic N) is 1. The number of hydrogen-bond donors (Lipinski definition) is 2. The minimum atomic E-state index is -0.748. The molecular formula is C29H34N2O3. The van der Waals surface area contributed by atoms with Crippen molar-refractivity contribution in [1.82, 2.24) is 4.57 Å². The zero-order valence-corrected chi connectivity index (χ0v) is 20.3. The number of aliphatic carboxylic acids is 1. The normalized spacial score (nSPS) is 17.9. The fourth-order valence-electron chi connectivity index (χ4n) is 4.73. The monoisotopic (exact) mass is 458 g/mol. The quantitative estimate of drug-likeness (QED) is 0.370. The first-order chi connectivity index (χ1) is 16.4. The Morgan fingerprint density at radius 1 is 1.09 bits per heavy atom. The van der Waals surface area contributed by atoms with E-state index >= 15 is 0 Å². The number of carboxylic acids is 1. The van der Waals surface area contributed by atoms with Gasteiger partial charge in [-0.25, -0.2) is 0 Å². The van der Waals surface area contributed by atoms with Crippen LogP contribution in [0.2, 0.25) is 0 Å². The molecule has 1 saturated carbocycles. The molecule has 3 atom stereocenters. The van der Waals surface area contributed by atoms with E-state index in [2.05, 4.69) is 54.1 Å². The molecule has 2 N–H and O–H groups in total. The summed E-state index contributed by atoms with van der Waals surface area (Å²) < 4.78 is 2.18. The van der Waals surface area contributed by atoms with E-state index in [1.54, 1.807) is 0 Å². The highest BCUT2D eigenvalue weighted by Gasteiger charge is 2.44. The number of carboxylic acid groups (broad SMARTS) is 1. The minimum Gasteiger partial charge on any atom is -0.481 e. The standard InChI is InChI=1S/C29H34N2O3/c1-4-20(3)31-23(12-8-11-21-9-6-5-7-10-21)15-16-27(31)28(32)30-26-17-22(14-13-19(26)2)24-18-25(24)29(33)34/h5-7,9-10,13-17,20,24-25H,4,8,11-12,18H2,1-3H3,(H,30,32)(H,33,34)/t20?,24-,25-/m1/s1. The molecule has 1 fully saturated rings. The van der Waals surface area contributed by atoms with Crippen molar-refractivity contribution in [2.45, 2.75) is 64.8 Å². The van der Waals surface area contributed by atoms with Gasteiger partial charge in [-0.1, -0.05) is 49.4 Å². The molecule has 0 aliphatic heterocycles. The van der Waals surface area contributed by atoms with Crippen molar-refractivity contribution in [3.05, 3.63) is 88.7 Å². The summed E-state index contributed by atoms with van der Waals surface area (Å²) in [6, 6.07) is 20.6. The van der Waals surface area contributed by atoms with Crippen LogP contribution in [0.3, 0.4) is 0 Å². The van der Waals surface area contributed by atoms with Crippen LogP contribution in [-0.2, 0) is 17.6 Å². The van der Waals surface area contributed by atoms with Crippen molar-refractivity contribution in [1.29, 1.82) is 0 Å². The molecule has 1 aliphatic carbocycles. The highest BCUT2D eigenvalue weighted by atomic mass is 16.4. The molecular weight excluding hydrogens is 424 g/mol. The first kappa shape index (κ1) is 23.8. The van der Waals surface area contributed by atoms with Gasteiger partial charge in [0.25, 0.3) is 5.91 Å². The first-order valence-corrected chi connectivity index (χ1v) is 12.3. The number of aryl methyl sites for hydroxylation is 3. The van der Waals surface area contributed by atoms with E-state index in [-0.39, 0.29) is 23.8 Å². The number of rotatable bonds is 10. The predicted molar refractivity (Wildman–Crippen MR) is 136 cm³/mol. The zero-order valence-electron chi connectivity index (χ0n) is 20.3. The van der Waals surface area contributed by atoms with Crippen LogP contribution in [-0.4, -0.2) is 21.6 Å². The second-order valence-electron chi connectivity index (χ2n) is 9.49. The Hall–Kier alpha value is -3.34. The molecule has 0 spiro atoms. The number of anilines is 1. The van der Waals surface area contributed by atoms with Gasteiger partial charge in [0.1, 0.15) is 5.69 Å². The molecule has 5 nitrogen and oxygen atoms in total. The highest BCUT2D eigenvalue weighted by molar-refractivity contribution is 6.03. The van der Waals surface area contributed by atoms with Crippen LogP contribution in [0.25, 0.3) is 0 Å². The van der Waals surface area contributed by atoms with Gasteiger partial charge in [-0.3, -0.25) is 9.59 Å². The summed E-state index contributed by atoms with van der Waals surface area (Å²) >= 11 is 0. The molecule has 0 bridgehead atoms. The smallest absolute Gasteiger partial charge is 0.307 e. The van der Waals surface area contributed by atoms with Crippen LogP contribution < -0.4 is 5.32 Å². The third kappa shape index (κ3) is 5.24. The maximum Gasteiger partial charge on any atom is 0.307 e. The zero-order chi connectivity index (χ0) is 24.2. The summed E-state index contributed by atoms with van der Waals surface area (Å²) in [4.78, 5) is 24.6. The van der Waals surface area contributed by atoms with E-state index in [4.69, 9.17) is 0 Å². The average molecular weight is 459 g/mol. The van der Waals surface area contributed by atoms with E-state index in [9.17, 15) is 14.7 Å². The number of nitrogens with one attached hydrogen (secondary N) is 1. The molecule has 1 amide bonds. The molecule has 1 aliphatic rings. The second-order valence-corrected chi connectivity index (χ2v) is 9.49. The summed E-state index contributed by atoms with van der Waals surface area (Å²) in [6.45, 7) is 6.26. The Bertz CT molecular complexity index is 1170. The van der Waals surface area contributed by atoms with Crippen LogP contribution in [0.15, 0.2) is 60.7 Å². The summed E-state index contributed by atoms with van der Waals surface area (Å²) in [5, 5.41) is 12.4. The number of aromatic nitrogens is 1. The van der Waals surface area contributed by atoms with Gasteiger partial charge < -0.3 is 15.0 Å². The Kier molecular flexibility index (Phi) is 7.20. The molecule has 0 saturated heterocycles. The molecule has 1 heterocycles. The molecule has 1 unspecified atom stereocenters. The molecule has 3 aromatic rings. The van der Waals surface area contributed by atoms with Crippen molar-refractivity contribution in [2.75, 3.05) is 5.32 Å². The van der Waals surface area contributed by atoms with Crippen molar-refractivity contribution in [3.63, 3.8) is 0 Å². The number of hydrogen-bond acceptors (Lipinski definition) is 2. The largest absolute Gasteiger partial charge is 0.481 e. The molecule has 0 radical (unpaired) electrons. The first-order valence-electron chi connectivity index (χ1n) is 12.3. The summed E-state index contributed by atoms with van der Waals surface area (Å²) in [5.74, 6) is -1.15. The van der Waals surface area contributed by atoms with Crippen LogP contribution in [0.5, 0.6) is 0 Å². The lowest BCUT2D eigenvalue weighted by atomic mass is 10.0. The molecule has 178 valence electrons. The molecule has 34 heavy (non-hydrogen) atoms. The fraction of sp³-hybridized carbons (Fsp3) is 0.379. The molecule has 1 aromatic heterocycles. The maximum absolute atomic E-state index is 13.4. The average Bonchev–Trinajstić information content (AvgIpc) is 3.54. The maximum atomic E-state index is 13.4. The lowest BCUT2D eigenvalue weighted by molar-refractivity contribution is -0.138. The summed E-state index contributed by atoms with van der Waals surface area (Å²) in [5.41, 5.74) is 5.88. The van der Waals surface area contributed by atoms with Crippen LogP contribution in [0.1, 0.15) is 77.9 Å². The van der Waals surface area contributed by atoms with Gasteiger partial charge in [-0.15, -0.1) is 0 Å². The third-order valence-electron chi connectivity index (χ3n) is 7.05. The number of carbonyl (C=O) groups is 2. The Morgan fingerprint density at radius 2 is 1.85 bits per heavy atom. The van der Waals surface area contributed by atoms with Crippen molar-refractivity contribution < 1.29 is 14.7 Å². The predicted octanol–water partition coefficient (Wildman–Crippen LogP) is 6.38. The van der Waals surface area contributed by atoms with Gasteiger partial charge in [-0.05, 0) is 86.8 Å². The highest BCUT2D eigenvalue weighted by Crippen LogP contribution is 2.48. The van der Waals surface area contributed by atoms with E-state index < -0.39 is 5.97 Å². The number of amides is 1. The van der Waals surface area contributed by atoms with Crippen LogP contribution in [0, 0.1) is 12.8 Å². The van der Waals surface area contributed by atoms with E-state index in [0.29, 0.717) is 12.1 Å². The van der Waals surface area contributed by atoms with Gasteiger partial charge in [0.2, 0.25) is 0 Å². The molecule has 5 heteroatoms. The SMILES string of the molecule is CCC(C)n1c(CCCc2ccccc2)ccc1C(=O)Nc1cc([C@H]2C[C@H]2C(=O)O)ccc1C. The van der Waals surface area contributed by atoms with E-state index in [1.165, 1.54) is 11.3 Å². The second kappa shape index (κ2) is 10.3. The Morgan fingerprint density at radius 3 is 2.53 bits per heavy atom. The van der Waals surface area contributed by atoms with Crippen molar-refractivity contribution in [2.24, 2.45) is 5.92 Å². The topological polar surface area (TPSA) is 71.3 Å². The fourth-order valence-corrected chi connectivity index (χ4v) is 4.73. The van der Waals surface area contributed by atoms with Crippen LogP contribution >= 0.6 is 0 Å². The van der Waals surface area contributed by atoms with Crippen molar-refractivity contribution in [3.8, 4) is 0 Å². The van der Waals surface area contributed by atoms with Crippen LogP contribution in [0.4, 0.5) is 5.69 Å². The van der Waals surface area contributed by atoms with Gasteiger partial charge >= 0.3 is 5.97 Å². The summed E-state index contributed by atoms with van der Waals surface area (Å²) in [7, 11) is 0. The van der Waals surface area contributed by atoms with E-state index in [1.807, 2.05) is 37.3 Å². The lowest BCUT2D eigenvalue weighted by Gasteiger charge is -2.20. The number of benzene rings is 2. The molecule has 4 rings (SSSR count). The summed E-state index contributed by atoms with van der Waals surface area (Å²) in [6.07, 6.45) is 4.55. The molecule has 2 aromatic carbocycles. The number of carbonyl (C=O) groups excluding carboxylic acids is 1. The van der Waals surface area contributed by atoms with Gasteiger partial charge in [-0.2, -0.15) is 0 Å².